The van der Waals surface area contributed by atoms with Crippen LogP contribution in [0.3, 0.4) is 0 Å². The van der Waals surface area contributed by atoms with Crippen molar-refractivity contribution in [2.24, 2.45) is 0 Å². The van der Waals surface area contributed by atoms with E-state index in [4.69, 9.17) is 5.11 Å². The summed E-state index contributed by atoms with van der Waals surface area (Å²) in [7, 11) is -4.01. The molecule has 0 aliphatic carbocycles. The van der Waals surface area contributed by atoms with Gasteiger partial charge in [-0.05, 0) is 6.42 Å². The number of carboxylic acids is 2. The van der Waals surface area contributed by atoms with Crippen molar-refractivity contribution in [3.63, 3.8) is 0 Å². The lowest BCUT2D eigenvalue weighted by atomic mass is 10.2. The summed E-state index contributed by atoms with van der Waals surface area (Å²) in [6, 6.07) is 0. The highest BCUT2D eigenvalue weighted by molar-refractivity contribution is 7.02. The minimum Gasteiger partial charge on any atom is -0.481 e. The lowest BCUT2D eigenvalue weighted by Crippen LogP contribution is -2.59. The van der Waals surface area contributed by atoms with E-state index in [2.05, 4.69) is 0 Å². The highest BCUT2D eigenvalue weighted by Crippen LogP contribution is 2.50. The lowest BCUT2D eigenvalue weighted by molar-refractivity contribution is -0.140. The van der Waals surface area contributed by atoms with Crippen molar-refractivity contribution < 1.29 is 19.8 Å². The van der Waals surface area contributed by atoms with Gasteiger partial charge in [-0.25, -0.2) is 0 Å². The van der Waals surface area contributed by atoms with Crippen LogP contribution in [0.1, 0.15) is 12.8 Å². The van der Waals surface area contributed by atoms with Crippen LogP contribution in [0.5, 0.6) is 0 Å². The fraction of sp³-hybridized carbons (Fsp3) is 0.818. The number of hydrogen-bond acceptors (Lipinski definition) is 2. The van der Waals surface area contributed by atoms with Crippen LogP contribution in [0.2, 0.25) is 43.9 Å². The van der Waals surface area contributed by atoms with Gasteiger partial charge in [0, 0.05) is 6.42 Å². The molecule has 0 radical (unpaired) electrons. The van der Waals surface area contributed by atoms with E-state index in [1.807, 2.05) is 39.3 Å². The molecule has 0 aliphatic rings. The van der Waals surface area contributed by atoms with Crippen molar-refractivity contribution in [1.29, 1.82) is 0 Å². The zero-order chi connectivity index (χ0) is 14.1. The summed E-state index contributed by atoms with van der Waals surface area (Å²) in [5.74, 6) is -1.70. The molecule has 0 saturated carbocycles. The molecular weight excluding hydrogens is 252 g/mol. The molecular formula is C11H24O4Si2. The van der Waals surface area contributed by atoms with Gasteiger partial charge in [0.05, 0.1) is 20.8 Å². The fourth-order valence-electron chi connectivity index (χ4n) is 2.92. The molecule has 0 atom stereocenters. The Morgan fingerprint density at radius 1 is 0.941 bits per heavy atom. The predicted molar refractivity (Wildman–Crippen MR) is 73.9 cm³/mol. The van der Waals surface area contributed by atoms with E-state index in [9.17, 15) is 14.7 Å². The molecule has 0 fully saturated rings. The van der Waals surface area contributed by atoms with Crippen molar-refractivity contribution in [2.45, 2.75) is 56.8 Å². The molecule has 0 aromatic heterocycles. The third-order valence-electron chi connectivity index (χ3n) is 3.64. The summed E-state index contributed by atoms with van der Waals surface area (Å²) in [5, 5.41) is 18.5. The molecule has 0 saturated heterocycles. The van der Waals surface area contributed by atoms with Crippen LogP contribution in [0.25, 0.3) is 0 Å². The molecule has 0 heterocycles. The van der Waals surface area contributed by atoms with Gasteiger partial charge >= 0.3 is 11.9 Å². The Bertz CT molecular complexity index is 298. The summed E-state index contributed by atoms with van der Waals surface area (Å²) in [6.45, 7) is 12.2. The van der Waals surface area contributed by atoms with Crippen LogP contribution in [0, 0.1) is 0 Å². The van der Waals surface area contributed by atoms with Gasteiger partial charge in [-0.1, -0.05) is 39.3 Å². The number of carboxylic acid groups (broad SMARTS) is 2. The molecule has 0 aliphatic heterocycles. The lowest BCUT2D eigenvalue weighted by Gasteiger charge is -2.48. The van der Waals surface area contributed by atoms with E-state index in [-0.39, 0.29) is 12.8 Å². The first kappa shape index (κ1) is 16.4. The second-order valence-corrected chi connectivity index (χ2v) is 17.8. The van der Waals surface area contributed by atoms with E-state index >= 15 is 0 Å². The predicted octanol–water partition coefficient (Wildman–Crippen LogP) is 2.89. The topological polar surface area (TPSA) is 74.6 Å². The molecule has 2 N–H and O–H groups in total. The quantitative estimate of drug-likeness (QED) is 0.732. The Hall–Kier alpha value is -0.626. The Kier molecular flexibility index (Phi) is 4.75. The summed E-state index contributed by atoms with van der Waals surface area (Å²) < 4.78 is -0.779. The maximum absolute atomic E-state index is 11.8. The van der Waals surface area contributed by atoms with Gasteiger partial charge in [0.25, 0.3) is 0 Å². The highest BCUT2D eigenvalue weighted by atomic mass is 28.4. The molecule has 0 unspecified atom stereocenters. The smallest absolute Gasteiger partial charge is 0.304 e. The molecule has 0 rings (SSSR count). The Morgan fingerprint density at radius 3 is 1.47 bits per heavy atom. The van der Waals surface area contributed by atoms with Crippen molar-refractivity contribution >= 4 is 28.1 Å². The van der Waals surface area contributed by atoms with Crippen LogP contribution in [0.15, 0.2) is 0 Å². The average Bonchev–Trinajstić information content (AvgIpc) is 1.97. The van der Waals surface area contributed by atoms with E-state index in [0.29, 0.717) is 0 Å². The molecule has 0 amide bonds. The van der Waals surface area contributed by atoms with Crippen LogP contribution in [-0.4, -0.2) is 38.3 Å². The van der Waals surface area contributed by atoms with Crippen molar-refractivity contribution in [3.8, 4) is 0 Å². The molecule has 0 spiro atoms. The van der Waals surface area contributed by atoms with E-state index < -0.39 is 32.7 Å². The normalized spacial score (nSPS) is 13.5. The van der Waals surface area contributed by atoms with E-state index in [0.717, 1.165) is 0 Å². The summed E-state index contributed by atoms with van der Waals surface area (Å²) >= 11 is 0. The van der Waals surface area contributed by atoms with Gasteiger partial charge in [-0.3, -0.25) is 9.59 Å². The SMILES string of the molecule is C[Si](C)(C)C(CCC(=O)O)(C(=O)O)[Si](C)(C)C. The fourth-order valence-corrected chi connectivity index (χ4v) is 15.0. The van der Waals surface area contributed by atoms with Crippen molar-refractivity contribution in [3.05, 3.63) is 0 Å². The van der Waals surface area contributed by atoms with Crippen molar-refractivity contribution in [1.82, 2.24) is 0 Å². The first-order valence-electron chi connectivity index (χ1n) is 5.81. The zero-order valence-corrected chi connectivity index (χ0v) is 13.6. The first-order chi connectivity index (χ1) is 7.36. The maximum Gasteiger partial charge on any atom is 0.304 e. The van der Waals surface area contributed by atoms with E-state index in [1.54, 1.807) is 0 Å². The van der Waals surface area contributed by atoms with Crippen LogP contribution in [0.4, 0.5) is 0 Å². The molecule has 6 heteroatoms. The number of hydrogen-bond donors (Lipinski definition) is 2. The molecule has 0 bridgehead atoms. The first-order valence-corrected chi connectivity index (χ1v) is 12.8. The summed E-state index contributed by atoms with van der Waals surface area (Å²) in [6.07, 6.45) is 0.212. The minimum absolute atomic E-state index is 0.0547. The minimum atomic E-state index is -2.00. The Balaban J connectivity index is 5.60. The van der Waals surface area contributed by atoms with Crippen LogP contribution >= 0.6 is 0 Å². The van der Waals surface area contributed by atoms with Gasteiger partial charge in [0.1, 0.15) is 0 Å². The number of rotatable bonds is 6. The molecule has 100 valence electrons. The molecule has 4 nitrogen and oxygen atoms in total. The van der Waals surface area contributed by atoms with Crippen molar-refractivity contribution in [2.75, 3.05) is 0 Å². The van der Waals surface area contributed by atoms with Gasteiger partial charge in [0.2, 0.25) is 0 Å². The largest absolute Gasteiger partial charge is 0.481 e. The second kappa shape index (κ2) is 4.93. The van der Waals surface area contributed by atoms with Gasteiger partial charge < -0.3 is 10.2 Å². The van der Waals surface area contributed by atoms with Gasteiger partial charge in [0.15, 0.2) is 0 Å². The van der Waals surface area contributed by atoms with Crippen LogP contribution in [-0.2, 0) is 9.59 Å². The second-order valence-electron chi connectivity index (χ2n) is 6.60. The molecule has 0 aromatic carbocycles. The molecule has 17 heavy (non-hydrogen) atoms. The van der Waals surface area contributed by atoms with E-state index in [1.165, 1.54) is 0 Å². The zero-order valence-electron chi connectivity index (χ0n) is 11.6. The highest BCUT2D eigenvalue weighted by Gasteiger charge is 2.57. The summed E-state index contributed by atoms with van der Waals surface area (Å²) in [5.41, 5.74) is 0. The standard InChI is InChI=1S/C11H24O4Si2/c1-16(2,3)11(10(14)15,17(4,5)6)8-7-9(12)13/h7-8H2,1-6H3,(H,12,13)(H,14,15). The monoisotopic (exact) mass is 276 g/mol. The Morgan fingerprint density at radius 2 is 1.29 bits per heavy atom. The third kappa shape index (κ3) is 3.19. The number of aliphatic carboxylic acids is 2. The molecule has 0 aromatic rings. The third-order valence-corrected chi connectivity index (χ3v) is 14.2. The average molecular weight is 276 g/mol. The number of carbonyl (C=O) groups is 2. The van der Waals surface area contributed by atoms with Gasteiger partial charge in [-0.15, -0.1) is 0 Å². The van der Waals surface area contributed by atoms with Crippen LogP contribution < -0.4 is 0 Å². The maximum atomic E-state index is 11.8. The summed E-state index contributed by atoms with van der Waals surface area (Å²) in [4.78, 5) is 22.6. The Labute approximate surface area is 105 Å². The van der Waals surface area contributed by atoms with Gasteiger partial charge in [-0.2, -0.15) is 0 Å².